The van der Waals surface area contributed by atoms with Gasteiger partial charge in [-0.1, -0.05) is 13.8 Å². The van der Waals surface area contributed by atoms with Gasteiger partial charge in [0.05, 0.1) is 48.8 Å². The first-order valence-corrected chi connectivity index (χ1v) is 21.9. The number of ether oxygens (including phenoxy) is 7. The van der Waals surface area contributed by atoms with Crippen molar-refractivity contribution in [1.82, 2.24) is 0 Å². The lowest BCUT2D eigenvalue weighted by molar-refractivity contribution is -0.328. The lowest BCUT2D eigenvalue weighted by Crippen LogP contribution is -2.63. The molecule has 59 heavy (non-hydrogen) atoms. The quantitative estimate of drug-likeness (QED) is 0.128. The van der Waals surface area contributed by atoms with Gasteiger partial charge in [-0.2, -0.15) is 0 Å². The summed E-state index contributed by atoms with van der Waals surface area (Å²) in [5, 5.41) is 76.5. The van der Waals surface area contributed by atoms with Gasteiger partial charge < -0.3 is 68.9 Å². The molecule has 8 rings (SSSR count). The summed E-state index contributed by atoms with van der Waals surface area (Å²) in [4.78, 5) is 24.2. The first kappa shape index (κ1) is 44.1. The van der Waals surface area contributed by atoms with E-state index in [1.807, 2.05) is 0 Å². The summed E-state index contributed by atoms with van der Waals surface area (Å²) in [7, 11) is 0. The fourth-order valence-electron chi connectivity index (χ4n) is 14.6. The van der Waals surface area contributed by atoms with E-state index < -0.39 is 103 Å². The summed E-state index contributed by atoms with van der Waals surface area (Å²) >= 11 is 0. The molecule has 0 bridgehead atoms. The predicted octanol–water partition coefficient (Wildman–Crippen LogP) is 1.23. The Bertz CT molecular complexity index is 1600. The second kappa shape index (κ2) is 15.0. The van der Waals surface area contributed by atoms with Gasteiger partial charge in [0, 0.05) is 19.8 Å². The van der Waals surface area contributed by atoms with Crippen LogP contribution in [0.5, 0.6) is 0 Å². The Morgan fingerprint density at radius 2 is 1.47 bits per heavy atom. The molecule has 16 nitrogen and oxygen atoms in total. The van der Waals surface area contributed by atoms with Crippen molar-refractivity contribution in [3.8, 4) is 0 Å². The minimum absolute atomic E-state index is 0.0695. The van der Waals surface area contributed by atoms with Crippen LogP contribution in [0.15, 0.2) is 0 Å². The molecule has 16 heteroatoms. The predicted molar refractivity (Wildman–Crippen MR) is 204 cm³/mol. The van der Waals surface area contributed by atoms with E-state index in [1.165, 1.54) is 13.8 Å². The number of fused-ring (bicyclic) bond motifs is 2. The van der Waals surface area contributed by atoms with Crippen LogP contribution >= 0.6 is 0 Å². The van der Waals surface area contributed by atoms with Crippen LogP contribution in [0.3, 0.4) is 0 Å². The van der Waals surface area contributed by atoms with Gasteiger partial charge in [-0.05, 0) is 118 Å². The van der Waals surface area contributed by atoms with Gasteiger partial charge in [-0.25, -0.2) is 0 Å². The molecule has 8 fully saturated rings. The highest BCUT2D eigenvalue weighted by Gasteiger charge is 2.83. The summed E-state index contributed by atoms with van der Waals surface area (Å²) in [6, 6.07) is 0. The van der Waals surface area contributed by atoms with E-state index in [9.17, 15) is 45.3 Å². The third kappa shape index (κ3) is 6.84. The molecule has 0 aromatic rings. The maximum Gasteiger partial charge on any atom is 0.303 e. The Labute approximate surface area is 346 Å². The zero-order valence-corrected chi connectivity index (χ0v) is 35.5. The van der Waals surface area contributed by atoms with Crippen LogP contribution in [0, 0.1) is 39.4 Å². The molecular formula is C43H68O16. The molecule has 0 aromatic heterocycles. The van der Waals surface area contributed by atoms with Crippen molar-refractivity contribution in [3.05, 3.63) is 0 Å². The number of carbonyl (C=O) groups excluding carboxylic acids is 2. The number of hydrogen-bond donors (Lipinski definition) is 7. The number of rotatable bonds is 9. The number of carbonyl (C=O) groups is 2. The number of aliphatic hydroxyl groups is 7. The lowest BCUT2D eigenvalue weighted by atomic mass is 9.42. The van der Waals surface area contributed by atoms with Gasteiger partial charge in [0.1, 0.15) is 30.5 Å². The minimum atomic E-state index is -1.62. The van der Waals surface area contributed by atoms with Crippen molar-refractivity contribution in [1.29, 1.82) is 0 Å². The average Bonchev–Trinajstić information content (AvgIpc) is 3.52. The van der Waals surface area contributed by atoms with E-state index in [1.54, 1.807) is 13.8 Å². The highest BCUT2D eigenvalue weighted by Crippen LogP contribution is 2.88. The van der Waals surface area contributed by atoms with Crippen LogP contribution in [-0.2, 0) is 42.7 Å². The van der Waals surface area contributed by atoms with E-state index in [-0.39, 0.29) is 52.1 Å². The Kier molecular flexibility index (Phi) is 11.2. The third-order valence-electron chi connectivity index (χ3n) is 17.3. The summed E-state index contributed by atoms with van der Waals surface area (Å²) in [5.41, 5.74) is -2.61. The molecule has 2 spiro atoms. The molecule has 3 aliphatic heterocycles. The first-order chi connectivity index (χ1) is 27.5. The Hall–Kier alpha value is -1.54. The van der Waals surface area contributed by atoms with Crippen molar-refractivity contribution < 1.29 is 78.5 Å². The Morgan fingerprint density at radius 3 is 2.12 bits per heavy atom. The second-order valence-corrected chi connectivity index (χ2v) is 20.9. The van der Waals surface area contributed by atoms with Crippen LogP contribution in [-0.4, -0.2) is 152 Å². The van der Waals surface area contributed by atoms with Crippen LogP contribution in [0.1, 0.15) is 113 Å². The van der Waals surface area contributed by atoms with Crippen molar-refractivity contribution in [3.63, 3.8) is 0 Å². The fraction of sp³-hybridized carbons (Fsp3) is 0.953. The van der Waals surface area contributed by atoms with E-state index in [0.29, 0.717) is 32.1 Å². The summed E-state index contributed by atoms with van der Waals surface area (Å²) < 4.78 is 43.0. The molecule has 0 radical (unpaired) electrons. The van der Waals surface area contributed by atoms with Gasteiger partial charge in [-0.3, -0.25) is 9.59 Å². The molecule has 5 saturated carbocycles. The number of esters is 2. The topological polar surface area (TPSA) is 240 Å². The Balaban J connectivity index is 1.10. The minimum Gasteiger partial charge on any atom is -0.455 e. The first-order valence-electron chi connectivity index (χ1n) is 21.9. The monoisotopic (exact) mass is 840 g/mol. The molecule has 2 unspecified atom stereocenters. The highest BCUT2D eigenvalue weighted by atomic mass is 16.7. The zero-order chi connectivity index (χ0) is 42.8. The molecule has 7 N–H and O–H groups in total. The maximum atomic E-state index is 12.2. The third-order valence-corrected chi connectivity index (χ3v) is 17.3. The smallest absolute Gasteiger partial charge is 0.303 e. The van der Waals surface area contributed by atoms with E-state index in [2.05, 4.69) is 20.8 Å². The second-order valence-electron chi connectivity index (χ2n) is 20.9. The van der Waals surface area contributed by atoms with Crippen LogP contribution in [0.4, 0.5) is 0 Å². The lowest BCUT2D eigenvalue weighted by Gasteiger charge is -2.63. The van der Waals surface area contributed by atoms with Gasteiger partial charge in [0.25, 0.3) is 0 Å². The van der Waals surface area contributed by atoms with Gasteiger partial charge in [-0.15, -0.1) is 0 Å². The zero-order valence-electron chi connectivity index (χ0n) is 35.5. The SMILES string of the molecule is CC(=O)O[C@@H]1[C@@H](OC(C)=O)[C@H](O[C@H]2CC[C@]34C[C@@]35CC[C@]3(C)C([C@@]6(C)CC[C@@H](C(C)(C)O)O6)[C@@H](O)C[C@@]3(C)[C@@H]5C[C@H](O[C@@H]3O[C@H](CO)[C@@H](O)[C@H](O)[C@H]3O)C4C2)OC[C@H]1O. The summed E-state index contributed by atoms with van der Waals surface area (Å²) in [5.74, 6) is -1.53. The van der Waals surface area contributed by atoms with Gasteiger partial charge in [0.2, 0.25) is 0 Å². The molecule has 3 saturated heterocycles. The van der Waals surface area contributed by atoms with E-state index >= 15 is 0 Å². The Morgan fingerprint density at radius 1 is 0.780 bits per heavy atom. The molecule has 0 amide bonds. The van der Waals surface area contributed by atoms with Crippen LogP contribution in [0.2, 0.25) is 0 Å². The van der Waals surface area contributed by atoms with Crippen molar-refractivity contribution in [2.75, 3.05) is 13.2 Å². The van der Waals surface area contributed by atoms with Gasteiger partial charge >= 0.3 is 11.9 Å². The number of aliphatic hydroxyl groups excluding tert-OH is 6. The van der Waals surface area contributed by atoms with Crippen molar-refractivity contribution in [2.24, 2.45) is 39.4 Å². The van der Waals surface area contributed by atoms with Crippen LogP contribution < -0.4 is 0 Å². The van der Waals surface area contributed by atoms with Gasteiger partial charge in [0.15, 0.2) is 24.8 Å². The van der Waals surface area contributed by atoms with Crippen molar-refractivity contribution >= 4 is 11.9 Å². The highest BCUT2D eigenvalue weighted by molar-refractivity contribution is 5.67. The largest absolute Gasteiger partial charge is 0.455 e. The molecular weight excluding hydrogens is 772 g/mol. The molecule has 336 valence electrons. The number of hydrogen-bond acceptors (Lipinski definition) is 16. The van der Waals surface area contributed by atoms with Crippen LogP contribution in [0.25, 0.3) is 0 Å². The average molecular weight is 841 g/mol. The van der Waals surface area contributed by atoms with Crippen molar-refractivity contribution in [2.45, 2.75) is 204 Å². The molecule has 0 aromatic carbocycles. The van der Waals surface area contributed by atoms with E-state index in [4.69, 9.17) is 33.2 Å². The fourth-order valence-corrected chi connectivity index (χ4v) is 14.6. The summed E-state index contributed by atoms with van der Waals surface area (Å²) in [6.07, 6.45) is -6.80. The molecule has 5 aliphatic carbocycles. The van der Waals surface area contributed by atoms with E-state index in [0.717, 1.165) is 32.1 Å². The standard InChI is InChI=1S/C43H68O16/c1-20(45)54-33-25(48)18-53-37(34(33)55-21(2)46)56-22-8-11-42-19-43(42)13-12-39(5)35(41(7)10-9-29(59-41)38(3,4)52)24(47)16-40(39,6)28(43)15-26(23(42)14-22)57-36-32(51)31(50)30(49)27(17-44)58-36/h22-37,44,47-52H,8-19H2,1-7H3/t22-,23?,24-,25+,26-,27+,28-,29-,30+,31-,32+,33-,34+,35?,36+,37-,39+,40-,41+,42+,43+/m0/s1. The molecule has 8 aliphatic rings. The maximum absolute atomic E-state index is 12.2. The normalized spacial score (nSPS) is 54.3. The molecule has 21 atom stereocenters. The summed E-state index contributed by atoms with van der Waals surface area (Å²) in [6.45, 7) is 11.9. The molecule has 3 heterocycles.